The summed E-state index contributed by atoms with van der Waals surface area (Å²) in [6.07, 6.45) is 2.63. The SMILES string of the molecule is N#C/C=C\c1ccccc1[N+](=O)[O-]. The minimum absolute atomic E-state index is 0.00833. The fourth-order valence-corrected chi connectivity index (χ4v) is 0.922. The first-order chi connectivity index (χ1) is 6.25. The van der Waals surface area contributed by atoms with Crippen LogP contribution in [0.1, 0.15) is 5.56 Å². The van der Waals surface area contributed by atoms with Crippen LogP contribution >= 0.6 is 0 Å². The Balaban J connectivity index is 3.14. The maximum Gasteiger partial charge on any atom is 0.276 e. The molecule has 13 heavy (non-hydrogen) atoms. The average Bonchev–Trinajstić information content (AvgIpc) is 2.15. The number of nitro benzene ring substituents is 1. The second kappa shape index (κ2) is 4.02. The zero-order chi connectivity index (χ0) is 9.68. The Morgan fingerprint density at radius 2 is 2.15 bits per heavy atom. The smallest absolute Gasteiger partial charge is 0.258 e. The van der Waals surface area contributed by atoms with Crippen molar-refractivity contribution in [2.75, 3.05) is 0 Å². The largest absolute Gasteiger partial charge is 0.276 e. The number of nitrogens with zero attached hydrogens (tertiary/aromatic N) is 2. The average molecular weight is 174 g/mol. The standard InChI is InChI=1S/C9H6N2O2/c10-7-3-5-8-4-1-2-6-9(8)11(12)13/h1-6H/b5-3-. The lowest BCUT2D eigenvalue weighted by atomic mass is 10.2. The third-order valence-corrected chi connectivity index (χ3v) is 1.47. The van der Waals surface area contributed by atoms with Crippen LogP contribution in [-0.2, 0) is 0 Å². The maximum atomic E-state index is 10.5. The monoisotopic (exact) mass is 174 g/mol. The Morgan fingerprint density at radius 1 is 1.46 bits per heavy atom. The maximum absolute atomic E-state index is 10.5. The van der Waals surface area contributed by atoms with Gasteiger partial charge in [0.2, 0.25) is 0 Å². The van der Waals surface area contributed by atoms with Crippen molar-refractivity contribution >= 4 is 11.8 Å². The van der Waals surface area contributed by atoms with Crippen LogP contribution in [0.25, 0.3) is 6.08 Å². The molecule has 0 aliphatic rings. The summed E-state index contributed by atoms with van der Waals surface area (Å²) in [5, 5.41) is 18.7. The van der Waals surface area contributed by atoms with Gasteiger partial charge in [0.25, 0.3) is 5.69 Å². The molecule has 1 aromatic carbocycles. The normalized spacial score (nSPS) is 9.77. The number of rotatable bonds is 2. The number of hydrogen-bond donors (Lipinski definition) is 0. The number of benzene rings is 1. The summed E-state index contributed by atoms with van der Waals surface area (Å²) in [6.45, 7) is 0. The van der Waals surface area contributed by atoms with Crippen LogP contribution in [0.2, 0.25) is 0 Å². The minimum atomic E-state index is -0.475. The first kappa shape index (κ1) is 8.94. The zero-order valence-electron chi connectivity index (χ0n) is 6.68. The third-order valence-electron chi connectivity index (χ3n) is 1.47. The molecular weight excluding hydrogens is 168 g/mol. The van der Waals surface area contributed by atoms with Crippen LogP contribution in [0.5, 0.6) is 0 Å². The van der Waals surface area contributed by atoms with Crippen molar-refractivity contribution in [3.05, 3.63) is 46.0 Å². The van der Waals surface area contributed by atoms with E-state index in [-0.39, 0.29) is 5.69 Å². The lowest BCUT2D eigenvalue weighted by Crippen LogP contribution is -1.90. The van der Waals surface area contributed by atoms with Crippen LogP contribution in [0.15, 0.2) is 30.3 Å². The molecule has 64 valence electrons. The molecule has 0 aliphatic carbocycles. The lowest BCUT2D eigenvalue weighted by Gasteiger charge is -1.94. The molecule has 0 atom stereocenters. The Kier molecular flexibility index (Phi) is 2.77. The summed E-state index contributed by atoms with van der Waals surface area (Å²) >= 11 is 0. The number of nitriles is 1. The Hall–Kier alpha value is -2.15. The molecular formula is C9H6N2O2. The van der Waals surface area contributed by atoms with Gasteiger partial charge in [-0.25, -0.2) is 0 Å². The van der Waals surface area contributed by atoms with E-state index in [1.165, 1.54) is 18.2 Å². The minimum Gasteiger partial charge on any atom is -0.258 e. The predicted octanol–water partition coefficient (Wildman–Crippen LogP) is 2.13. The molecule has 0 fully saturated rings. The molecule has 0 amide bonds. The Morgan fingerprint density at radius 3 is 2.77 bits per heavy atom. The van der Waals surface area contributed by atoms with Gasteiger partial charge in [0, 0.05) is 12.1 Å². The molecule has 1 aromatic rings. The molecule has 0 radical (unpaired) electrons. The second-order valence-electron chi connectivity index (χ2n) is 2.28. The van der Waals surface area contributed by atoms with Crippen molar-refractivity contribution in [2.24, 2.45) is 0 Å². The van der Waals surface area contributed by atoms with Gasteiger partial charge in [0.15, 0.2) is 0 Å². The van der Waals surface area contributed by atoms with Crippen LogP contribution in [0, 0.1) is 21.4 Å². The highest BCUT2D eigenvalue weighted by molar-refractivity contribution is 5.61. The molecule has 0 N–H and O–H groups in total. The van der Waals surface area contributed by atoms with Gasteiger partial charge in [-0.05, 0) is 12.1 Å². The van der Waals surface area contributed by atoms with E-state index in [9.17, 15) is 10.1 Å². The van der Waals surface area contributed by atoms with Crippen molar-refractivity contribution < 1.29 is 4.92 Å². The molecule has 0 aromatic heterocycles. The summed E-state index contributed by atoms with van der Waals surface area (Å²) in [4.78, 5) is 10.00. The molecule has 0 aliphatic heterocycles. The summed E-state index contributed by atoms with van der Waals surface area (Å²) in [5.41, 5.74) is 0.447. The Labute approximate surface area is 74.9 Å². The van der Waals surface area contributed by atoms with Gasteiger partial charge in [-0.1, -0.05) is 12.1 Å². The highest BCUT2D eigenvalue weighted by Gasteiger charge is 2.08. The van der Waals surface area contributed by atoms with Crippen LogP contribution in [-0.4, -0.2) is 4.92 Å². The van der Waals surface area contributed by atoms with E-state index >= 15 is 0 Å². The summed E-state index contributed by atoms with van der Waals surface area (Å²) in [5.74, 6) is 0. The van der Waals surface area contributed by atoms with E-state index in [2.05, 4.69) is 0 Å². The van der Waals surface area contributed by atoms with Gasteiger partial charge in [0.1, 0.15) is 0 Å². The second-order valence-corrected chi connectivity index (χ2v) is 2.28. The molecule has 4 nitrogen and oxygen atoms in total. The number of hydrogen-bond acceptors (Lipinski definition) is 3. The first-order valence-electron chi connectivity index (χ1n) is 3.55. The number of allylic oxidation sites excluding steroid dienone is 1. The predicted molar refractivity (Wildman–Crippen MR) is 47.7 cm³/mol. The highest BCUT2D eigenvalue weighted by atomic mass is 16.6. The molecule has 0 spiro atoms. The highest BCUT2D eigenvalue weighted by Crippen LogP contribution is 2.18. The molecule has 0 saturated heterocycles. The van der Waals surface area contributed by atoms with Gasteiger partial charge >= 0.3 is 0 Å². The molecule has 4 heteroatoms. The zero-order valence-corrected chi connectivity index (χ0v) is 6.68. The molecule has 0 unspecified atom stereocenters. The van der Waals surface area contributed by atoms with E-state index in [0.29, 0.717) is 5.56 Å². The fourth-order valence-electron chi connectivity index (χ4n) is 0.922. The van der Waals surface area contributed by atoms with Crippen molar-refractivity contribution in [2.45, 2.75) is 0 Å². The summed E-state index contributed by atoms with van der Waals surface area (Å²) < 4.78 is 0. The van der Waals surface area contributed by atoms with Crippen LogP contribution < -0.4 is 0 Å². The van der Waals surface area contributed by atoms with Crippen LogP contribution in [0.3, 0.4) is 0 Å². The van der Waals surface area contributed by atoms with Crippen molar-refractivity contribution in [3.8, 4) is 6.07 Å². The van der Waals surface area contributed by atoms with E-state index in [1.807, 2.05) is 0 Å². The topological polar surface area (TPSA) is 66.9 Å². The Bertz CT molecular complexity index is 391. The van der Waals surface area contributed by atoms with E-state index < -0.39 is 4.92 Å². The van der Waals surface area contributed by atoms with Crippen LogP contribution in [0.4, 0.5) is 5.69 Å². The van der Waals surface area contributed by atoms with E-state index in [4.69, 9.17) is 5.26 Å². The lowest BCUT2D eigenvalue weighted by molar-refractivity contribution is -0.385. The van der Waals surface area contributed by atoms with E-state index in [1.54, 1.807) is 24.3 Å². The number of nitro groups is 1. The number of para-hydroxylation sites is 1. The molecule has 0 saturated carbocycles. The molecule has 1 rings (SSSR count). The summed E-state index contributed by atoms with van der Waals surface area (Å²) in [6, 6.07) is 8.04. The van der Waals surface area contributed by atoms with Crippen molar-refractivity contribution in [1.29, 1.82) is 5.26 Å². The molecule has 0 bridgehead atoms. The van der Waals surface area contributed by atoms with Gasteiger partial charge in [-0.2, -0.15) is 5.26 Å². The summed E-state index contributed by atoms with van der Waals surface area (Å²) in [7, 11) is 0. The van der Waals surface area contributed by atoms with Gasteiger partial charge in [0.05, 0.1) is 16.6 Å². The van der Waals surface area contributed by atoms with Gasteiger partial charge < -0.3 is 0 Å². The van der Waals surface area contributed by atoms with Crippen molar-refractivity contribution in [3.63, 3.8) is 0 Å². The molecule has 0 heterocycles. The fraction of sp³-hybridized carbons (Fsp3) is 0. The van der Waals surface area contributed by atoms with E-state index in [0.717, 1.165) is 0 Å². The third kappa shape index (κ3) is 2.14. The van der Waals surface area contributed by atoms with Gasteiger partial charge in [-0.3, -0.25) is 10.1 Å². The quantitative estimate of drug-likeness (QED) is 0.392. The van der Waals surface area contributed by atoms with Crippen molar-refractivity contribution in [1.82, 2.24) is 0 Å². The first-order valence-corrected chi connectivity index (χ1v) is 3.55. The van der Waals surface area contributed by atoms with Gasteiger partial charge in [-0.15, -0.1) is 0 Å².